The summed E-state index contributed by atoms with van der Waals surface area (Å²) in [6.07, 6.45) is 3.76. The molecule has 1 N–H and O–H groups in total. The topological polar surface area (TPSA) is 103 Å². The normalized spacial score (nSPS) is 15.0. The molecular weight excluding hydrogens is 619 g/mol. The van der Waals surface area contributed by atoms with Crippen LogP contribution in [0.2, 0.25) is 0 Å². The van der Waals surface area contributed by atoms with Gasteiger partial charge in [0.25, 0.3) is 0 Å². The van der Waals surface area contributed by atoms with E-state index in [-0.39, 0.29) is 11.5 Å². The Morgan fingerprint density at radius 2 is 1.24 bits per heavy atom. The number of para-hydroxylation sites is 2. The Balaban J connectivity index is 1.07. The van der Waals surface area contributed by atoms with E-state index in [1.54, 1.807) is 22.7 Å². The molecule has 0 amide bonds. The number of ether oxygens (including phenoxy) is 2. The van der Waals surface area contributed by atoms with Crippen LogP contribution in [0.5, 0.6) is 11.5 Å². The predicted molar refractivity (Wildman–Crippen MR) is 181 cm³/mol. The van der Waals surface area contributed by atoms with Crippen molar-refractivity contribution in [2.24, 2.45) is 5.16 Å². The summed E-state index contributed by atoms with van der Waals surface area (Å²) < 4.78 is 14.6. The molecule has 2 heterocycles. The number of hydrogen-bond acceptors (Lipinski definition) is 9. The molecule has 1 aliphatic rings. The van der Waals surface area contributed by atoms with E-state index in [1.165, 1.54) is 11.1 Å². The second-order valence-corrected chi connectivity index (χ2v) is 13.5. The van der Waals surface area contributed by atoms with Gasteiger partial charge in [0.1, 0.15) is 40.8 Å². The summed E-state index contributed by atoms with van der Waals surface area (Å²) in [5.74, 6) is 0.453. The van der Waals surface area contributed by atoms with Crippen LogP contribution in [0.25, 0.3) is 20.4 Å². The molecule has 6 aromatic rings. The van der Waals surface area contributed by atoms with Crippen molar-refractivity contribution >= 4 is 55.3 Å². The molecule has 0 unspecified atom stereocenters. The molecule has 0 radical (unpaired) electrons. The number of aromatic nitrogens is 2. The Morgan fingerprint density at radius 3 is 1.70 bits per heavy atom. The van der Waals surface area contributed by atoms with Crippen LogP contribution in [-0.4, -0.2) is 33.4 Å². The van der Waals surface area contributed by atoms with Crippen LogP contribution in [0.1, 0.15) is 46.8 Å². The Bertz CT molecular complexity index is 1790. The number of hydrogen-bond donors (Lipinski definition) is 1. The molecule has 46 heavy (non-hydrogen) atoms. The highest BCUT2D eigenvalue weighted by Gasteiger charge is 2.39. The minimum absolute atomic E-state index is 0.142. The van der Waals surface area contributed by atoms with Crippen LogP contribution in [0.3, 0.4) is 0 Å². The third-order valence-electron chi connectivity index (χ3n) is 8.37. The number of oxime groups is 1. The van der Waals surface area contributed by atoms with E-state index in [0.717, 1.165) is 73.8 Å². The number of carboxylic acid groups (broad SMARTS) is 1. The van der Waals surface area contributed by atoms with Crippen molar-refractivity contribution < 1.29 is 24.2 Å². The number of thiazole rings is 2. The van der Waals surface area contributed by atoms with Gasteiger partial charge < -0.3 is 19.4 Å². The number of rotatable bonds is 11. The maximum atomic E-state index is 10.8. The van der Waals surface area contributed by atoms with Crippen molar-refractivity contribution in [3.63, 3.8) is 0 Å². The summed E-state index contributed by atoms with van der Waals surface area (Å²) in [5.41, 5.74) is 4.11. The lowest BCUT2D eigenvalue weighted by Gasteiger charge is -2.40. The number of aliphatic carboxylic acids is 1. The number of nitrogens with zero attached hydrogens (tertiary/aromatic N) is 3. The molecule has 1 fully saturated rings. The molecule has 0 saturated heterocycles. The van der Waals surface area contributed by atoms with E-state index in [2.05, 4.69) is 51.5 Å². The fourth-order valence-electron chi connectivity index (χ4n) is 6.09. The minimum atomic E-state index is -1.12. The summed E-state index contributed by atoms with van der Waals surface area (Å²) in [5, 5.41) is 14.4. The first-order valence-corrected chi connectivity index (χ1v) is 16.8. The summed E-state index contributed by atoms with van der Waals surface area (Å²) in [4.78, 5) is 25.7. The van der Waals surface area contributed by atoms with Crippen LogP contribution in [0.4, 0.5) is 0 Å². The number of carbonyl (C=O) groups is 1. The molecule has 2 aromatic heterocycles. The van der Waals surface area contributed by atoms with Gasteiger partial charge in [-0.25, -0.2) is 14.8 Å². The monoisotopic (exact) mass is 649 g/mol. The van der Waals surface area contributed by atoms with Crippen molar-refractivity contribution in [2.75, 3.05) is 0 Å². The van der Waals surface area contributed by atoms with Gasteiger partial charge in [0.2, 0.25) is 0 Å². The highest BCUT2D eigenvalue weighted by Crippen LogP contribution is 2.46. The summed E-state index contributed by atoms with van der Waals surface area (Å²) in [6.45, 7) is 0.830. The molecule has 4 aromatic carbocycles. The molecule has 8 nitrogen and oxygen atoms in total. The van der Waals surface area contributed by atoms with E-state index in [1.807, 2.05) is 60.7 Å². The first-order chi connectivity index (χ1) is 22.5. The smallest absolute Gasteiger partial charge is 0.350 e. The van der Waals surface area contributed by atoms with Crippen LogP contribution in [-0.2, 0) is 28.3 Å². The van der Waals surface area contributed by atoms with Crippen LogP contribution in [0, 0.1) is 0 Å². The SMILES string of the molecule is O=C(O)C=NOC1CCC(c2ccc(OCc3nc4ccccc4s3)cc2)(c2ccc(OCc3nc4ccccc4s3)cc2)CC1. The maximum absolute atomic E-state index is 10.8. The van der Waals surface area contributed by atoms with Crippen molar-refractivity contribution in [2.45, 2.75) is 50.4 Å². The van der Waals surface area contributed by atoms with Crippen molar-refractivity contribution in [3.05, 3.63) is 118 Å². The van der Waals surface area contributed by atoms with Crippen molar-refractivity contribution in [3.8, 4) is 11.5 Å². The molecular formula is C36H31N3O5S2. The lowest BCUT2D eigenvalue weighted by molar-refractivity contribution is -0.129. The van der Waals surface area contributed by atoms with Gasteiger partial charge >= 0.3 is 5.97 Å². The Kier molecular flexibility index (Phi) is 8.63. The average molecular weight is 650 g/mol. The zero-order valence-electron chi connectivity index (χ0n) is 24.9. The molecule has 7 rings (SSSR count). The van der Waals surface area contributed by atoms with Gasteiger partial charge in [0.15, 0.2) is 6.21 Å². The molecule has 1 saturated carbocycles. The van der Waals surface area contributed by atoms with Gasteiger partial charge in [-0.1, -0.05) is 53.7 Å². The van der Waals surface area contributed by atoms with Gasteiger partial charge in [0, 0.05) is 5.41 Å². The molecule has 0 atom stereocenters. The first kappa shape index (κ1) is 29.9. The Labute approximate surface area is 273 Å². The number of fused-ring (bicyclic) bond motifs is 2. The zero-order valence-corrected chi connectivity index (χ0v) is 26.5. The van der Waals surface area contributed by atoms with Gasteiger partial charge in [-0.15, -0.1) is 22.7 Å². The zero-order chi connectivity index (χ0) is 31.3. The third kappa shape index (κ3) is 6.59. The van der Waals surface area contributed by atoms with Gasteiger partial charge in [-0.05, 0) is 85.3 Å². The Hall–Kier alpha value is -4.80. The lowest BCUT2D eigenvalue weighted by atomic mass is 9.65. The highest BCUT2D eigenvalue weighted by atomic mass is 32.1. The molecule has 0 spiro atoms. The molecule has 232 valence electrons. The summed E-state index contributed by atoms with van der Waals surface area (Å²) in [7, 11) is 0. The highest BCUT2D eigenvalue weighted by molar-refractivity contribution is 7.18. The maximum Gasteiger partial charge on any atom is 0.350 e. The fourth-order valence-corrected chi connectivity index (χ4v) is 7.85. The van der Waals surface area contributed by atoms with Gasteiger partial charge in [-0.2, -0.15) is 0 Å². The van der Waals surface area contributed by atoms with Crippen molar-refractivity contribution in [1.82, 2.24) is 9.97 Å². The fraction of sp³-hybridized carbons (Fsp3) is 0.222. The first-order valence-electron chi connectivity index (χ1n) is 15.1. The molecule has 1 aliphatic carbocycles. The summed E-state index contributed by atoms with van der Waals surface area (Å²) in [6, 6.07) is 32.9. The number of carboxylic acids is 1. The largest absolute Gasteiger partial charge is 0.486 e. The molecule has 0 aliphatic heterocycles. The van der Waals surface area contributed by atoms with Crippen LogP contribution in [0.15, 0.2) is 102 Å². The molecule has 10 heteroatoms. The lowest BCUT2D eigenvalue weighted by Crippen LogP contribution is -2.35. The van der Waals surface area contributed by atoms with Gasteiger partial charge in [-0.3, -0.25) is 0 Å². The van der Waals surface area contributed by atoms with Crippen molar-refractivity contribution in [1.29, 1.82) is 0 Å². The number of benzene rings is 4. The quantitative estimate of drug-likeness (QED) is 0.111. The van der Waals surface area contributed by atoms with E-state index < -0.39 is 5.97 Å². The van der Waals surface area contributed by atoms with E-state index in [0.29, 0.717) is 13.2 Å². The minimum Gasteiger partial charge on any atom is -0.486 e. The predicted octanol–water partition coefficient (Wildman–Crippen LogP) is 8.38. The van der Waals surface area contributed by atoms with Crippen LogP contribution < -0.4 is 9.47 Å². The second-order valence-electron chi connectivity index (χ2n) is 11.2. The summed E-state index contributed by atoms with van der Waals surface area (Å²) >= 11 is 3.29. The molecule has 0 bridgehead atoms. The second kappa shape index (κ2) is 13.3. The standard InChI is InChI=1S/C36H31N3O5S2/c40-35(41)21-37-44-28-17-19-36(20-18-28,24-9-13-26(14-10-24)42-22-33-38-29-5-1-3-7-31(29)45-33)25-11-15-27(16-12-25)43-23-34-39-30-6-2-4-8-32(30)46-34/h1-16,21,28H,17-20,22-23H2,(H,40,41). The van der Waals surface area contributed by atoms with Crippen LogP contribution >= 0.6 is 22.7 Å². The van der Waals surface area contributed by atoms with E-state index >= 15 is 0 Å². The average Bonchev–Trinajstić information content (AvgIpc) is 3.71. The van der Waals surface area contributed by atoms with E-state index in [4.69, 9.17) is 19.4 Å². The third-order valence-corrected chi connectivity index (χ3v) is 10.4. The Morgan fingerprint density at radius 1 is 0.761 bits per heavy atom. The van der Waals surface area contributed by atoms with E-state index in [9.17, 15) is 4.79 Å². The van der Waals surface area contributed by atoms with Gasteiger partial charge in [0.05, 0.1) is 20.4 Å².